The Morgan fingerprint density at radius 2 is 1.86 bits per heavy atom. The molecule has 2 aliphatic rings. The number of ether oxygens (including phenoxy) is 3. The van der Waals surface area contributed by atoms with E-state index in [1.165, 1.54) is 27.9 Å². The molecule has 0 spiro atoms. The average Bonchev–Trinajstić information content (AvgIpc) is 3.26. The van der Waals surface area contributed by atoms with Crippen LogP contribution < -0.4 is 14.2 Å². The van der Waals surface area contributed by atoms with E-state index >= 15 is 0 Å². The van der Waals surface area contributed by atoms with Gasteiger partial charge in [-0.15, -0.1) is 0 Å². The maximum atomic E-state index is 12.7. The number of amidine groups is 2. The molecular weight excluding hydrogens is 544 g/mol. The van der Waals surface area contributed by atoms with Gasteiger partial charge in [0.15, 0.2) is 17.3 Å². The highest BCUT2D eigenvalue weighted by molar-refractivity contribution is 9.10. The fourth-order valence-corrected chi connectivity index (χ4v) is 4.92. The highest BCUT2D eigenvalue weighted by Gasteiger charge is 2.35. The Morgan fingerprint density at radius 3 is 2.58 bits per heavy atom. The zero-order valence-electron chi connectivity index (χ0n) is 20.6. The Morgan fingerprint density at radius 1 is 1.08 bits per heavy atom. The molecule has 0 radical (unpaired) electrons. The number of carbonyl (C=O) groups excluding carboxylic acids is 1. The van der Waals surface area contributed by atoms with Crippen molar-refractivity contribution in [2.45, 2.75) is 34.1 Å². The second-order valence-corrected chi connectivity index (χ2v) is 9.97. The van der Waals surface area contributed by atoms with Crippen LogP contribution in [0, 0.1) is 19.3 Å². The smallest absolute Gasteiger partial charge is 0.283 e. The van der Waals surface area contributed by atoms with Gasteiger partial charge in [-0.05, 0) is 102 Å². The van der Waals surface area contributed by atoms with Crippen molar-refractivity contribution < 1.29 is 19.0 Å². The van der Waals surface area contributed by atoms with E-state index < -0.39 is 5.91 Å². The molecule has 0 atom stereocenters. The molecule has 0 aromatic heterocycles. The number of aryl methyl sites for hydroxylation is 2. The monoisotopic (exact) mass is 570 g/mol. The van der Waals surface area contributed by atoms with Crippen molar-refractivity contribution in [1.82, 2.24) is 5.01 Å². The normalized spacial score (nSPS) is 16.1. The van der Waals surface area contributed by atoms with Crippen LogP contribution in [0.2, 0.25) is 0 Å². The number of rotatable bonds is 9. The van der Waals surface area contributed by atoms with Gasteiger partial charge in [-0.2, -0.15) is 15.1 Å². The summed E-state index contributed by atoms with van der Waals surface area (Å²) < 4.78 is 18.3. The molecule has 0 saturated heterocycles. The van der Waals surface area contributed by atoms with E-state index in [0.717, 1.165) is 10.8 Å². The quantitative estimate of drug-likeness (QED) is 0.295. The van der Waals surface area contributed by atoms with Crippen LogP contribution in [0.25, 0.3) is 6.08 Å². The number of nitrogens with one attached hydrogen (secondary N) is 1. The summed E-state index contributed by atoms with van der Waals surface area (Å²) in [4.78, 5) is 16.8. The first-order valence-corrected chi connectivity index (χ1v) is 13.2. The Labute approximate surface area is 223 Å². The Bertz CT molecular complexity index is 1310. The Kier molecular flexibility index (Phi) is 8.15. The van der Waals surface area contributed by atoms with Crippen molar-refractivity contribution in [3.05, 3.63) is 57.1 Å². The van der Waals surface area contributed by atoms with Crippen molar-refractivity contribution in [3.8, 4) is 17.2 Å². The summed E-state index contributed by atoms with van der Waals surface area (Å²) in [6, 6.07) is 9.57. The molecule has 2 aliphatic heterocycles. The van der Waals surface area contributed by atoms with E-state index in [2.05, 4.69) is 32.9 Å². The fraction of sp³-hybridized carbons (Fsp3) is 0.308. The fourth-order valence-electron chi connectivity index (χ4n) is 3.52. The number of thioether (sulfide) groups is 1. The van der Waals surface area contributed by atoms with Crippen LogP contribution in [-0.2, 0) is 4.79 Å². The zero-order valence-corrected chi connectivity index (χ0v) is 23.0. The molecule has 10 heteroatoms. The van der Waals surface area contributed by atoms with Crippen molar-refractivity contribution in [2.75, 3.05) is 19.8 Å². The molecule has 2 heterocycles. The van der Waals surface area contributed by atoms with Gasteiger partial charge >= 0.3 is 0 Å². The standard InChI is InChI=1S/C26H27BrN4O4S/c1-5-22-30-31-24(28)19(25(32)29-26(31)36-22)12-17-13-20(27)23(21(14-17)33-6-2)35-10-9-34-18-8-7-15(3)16(4)11-18/h7-8,11-14,28H,5-6,9-10H2,1-4H3/b19-12-,28-24?. The molecule has 0 bridgehead atoms. The number of fused-ring (bicyclic) bond motifs is 1. The first-order valence-electron chi connectivity index (χ1n) is 11.6. The lowest BCUT2D eigenvalue weighted by atomic mass is 10.1. The lowest BCUT2D eigenvalue weighted by Crippen LogP contribution is -2.35. The van der Waals surface area contributed by atoms with E-state index in [9.17, 15) is 4.79 Å². The summed E-state index contributed by atoms with van der Waals surface area (Å²) in [6.07, 6.45) is 2.33. The summed E-state index contributed by atoms with van der Waals surface area (Å²) in [7, 11) is 0. The topological polar surface area (TPSA) is 96.6 Å². The molecule has 2 aromatic carbocycles. The summed E-state index contributed by atoms with van der Waals surface area (Å²) in [5.74, 6) is 1.39. The van der Waals surface area contributed by atoms with E-state index in [4.69, 9.17) is 19.6 Å². The molecule has 1 N–H and O–H groups in total. The molecule has 0 saturated carbocycles. The second kappa shape index (κ2) is 11.3. The minimum atomic E-state index is -0.468. The predicted octanol–water partition coefficient (Wildman–Crippen LogP) is 5.95. The number of nitrogens with zero attached hydrogens (tertiary/aromatic N) is 3. The number of hydrazone groups is 1. The van der Waals surface area contributed by atoms with Gasteiger partial charge in [0, 0.05) is 0 Å². The molecule has 0 fully saturated rings. The second-order valence-electron chi connectivity index (χ2n) is 8.07. The van der Waals surface area contributed by atoms with Gasteiger partial charge in [0.2, 0.25) is 5.17 Å². The van der Waals surface area contributed by atoms with E-state index in [0.29, 0.717) is 52.9 Å². The van der Waals surface area contributed by atoms with Crippen LogP contribution in [0.4, 0.5) is 0 Å². The van der Waals surface area contributed by atoms with Crippen LogP contribution in [0.15, 0.2) is 50.5 Å². The maximum absolute atomic E-state index is 12.7. The van der Waals surface area contributed by atoms with Gasteiger partial charge in [-0.25, -0.2) is 0 Å². The van der Waals surface area contributed by atoms with Crippen molar-refractivity contribution >= 4 is 55.7 Å². The molecule has 8 nitrogen and oxygen atoms in total. The van der Waals surface area contributed by atoms with Gasteiger partial charge in [-0.1, -0.05) is 13.0 Å². The van der Waals surface area contributed by atoms with Gasteiger partial charge in [-0.3, -0.25) is 10.2 Å². The van der Waals surface area contributed by atoms with Gasteiger partial charge in [0.25, 0.3) is 5.91 Å². The van der Waals surface area contributed by atoms with Crippen LogP contribution in [-0.4, -0.2) is 46.8 Å². The number of hydrogen-bond acceptors (Lipinski definition) is 7. The summed E-state index contributed by atoms with van der Waals surface area (Å²) in [5, 5.41) is 15.5. The number of halogens is 1. The van der Waals surface area contributed by atoms with Crippen LogP contribution in [0.1, 0.15) is 37.0 Å². The molecule has 1 amide bonds. The number of aliphatic imine (C=N–C) groups is 1. The maximum Gasteiger partial charge on any atom is 0.283 e. The Balaban J connectivity index is 1.50. The minimum Gasteiger partial charge on any atom is -0.490 e. The van der Waals surface area contributed by atoms with E-state index in [1.807, 2.05) is 45.0 Å². The van der Waals surface area contributed by atoms with E-state index in [-0.39, 0.29) is 11.4 Å². The third-order valence-electron chi connectivity index (χ3n) is 5.52. The van der Waals surface area contributed by atoms with Crippen molar-refractivity contribution in [3.63, 3.8) is 0 Å². The first-order chi connectivity index (χ1) is 17.3. The number of hydrogen-bond donors (Lipinski definition) is 1. The molecule has 4 rings (SSSR count). The lowest BCUT2D eigenvalue weighted by Gasteiger charge is -2.20. The van der Waals surface area contributed by atoms with Gasteiger partial charge < -0.3 is 14.2 Å². The summed E-state index contributed by atoms with van der Waals surface area (Å²) >= 11 is 4.88. The molecule has 188 valence electrons. The lowest BCUT2D eigenvalue weighted by molar-refractivity contribution is -0.114. The molecule has 0 aliphatic carbocycles. The van der Waals surface area contributed by atoms with Crippen LogP contribution in [0.3, 0.4) is 0 Å². The van der Waals surface area contributed by atoms with Crippen LogP contribution >= 0.6 is 27.7 Å². The third-order valence-corrected chi connectivity index (χ3v) is 7.16. The first kappa shape index (κ1) is 26.0. The van der Waals surface area contributed by atoms with Gasteiger partial charge in [0.05, 0.1) is 16.7 Å². The minimum absolute atomic E-state index is 0.00106. The summed E-state index contributed by atoms with van der Waals surface area (Å²) in [5.41, 5.74) is 3.22. The predicted molar refractivity (Wildman–Crippen MR) is 148 cm³/mol. The average molecular weight is 571 g/mol. The Hall–Kier alpha value is -3.11. The van der Waals surface area contributed by atoms with Crippen molar-refractivity contribution in [2.24, 2.45) is 10.1 Å². The summed E-state index contributed by atoms with van der Waals surface area (Å²) in [6.45, 7) is 9.09. The number of amides is 1. The highest BCUT2D eigenvalue weighted by atomic mass is 79.9. The van der Waals surface area contributed by atoms with Gasteiger partial charge in [0.1, 0.15) is 24.0 Å². The number of benzene rings is 2. The number of carbonyl (C=O) groups is 1. The van der Waals surface area contributed by atoms with E-state index in [1.54, 1.807) is 12.1 Å². The van der Waals surface area contributed by atoms with Crippen molar-refractivity contribution in [1.29, 1.82) is 5.41 Å². The molecular formula is C26H27BrN4O4S. The third kappa shape index (κ3) is 5.65. The van der Waals surface area contributed by atoms with Crippen LogP contribution in [0.5, 0.6) is 17.2 Å². The SMILES string of the molecule is CCOc1cc(/C=C2/C(=N)N3N=C(CC)SC3=NC2=O)cc(Br)c1OCCOc1ccc(C)c(C)c1. The molecule has 36 heavy (non-hydrogen) atoms. The largest absolute Gasteiger partial charge is 0.490 e. The highest BCUT2D eigenvalue weighted by Crippen LogP contribution is 2.38. The molecule has 2 aromatic rings. The molecule has 0 unspecified atom stereocenters. The zero-order chi connectivity index (χ0) is 25.8.